The van der Waals surface area contributed by atoms with E-state index in [1.165, 1.54) is 36.9 Å². The van der Waals surface area contributed by atoms with Crippen LogP contribution in [0.4, 0.5) is 0 Å². The van der Waals surface area contributed by atoms with Gasteiger partial charge in [-0.3, -0.25) is 0 Å². The summed E-state index contributed by atoms with van der Waals surface area (Å²) in [6.07, 6.45) is 8.07. The molecule has 0 radical (unpaired) electrons. The molecule has 0 saturated heterocycles. The molecule has 0 atom stereocenters. The smallest absolute Gasteiger partial charge is 0.106 e. The quantitative estimate of drug-likeness (QED) is 0.597. The van der Waals surface area contributed by atoms with Crippen molar-refractivity contribution in [3.05, 3.63) is 40.8 Å². The number of H-pyrrole nitrogens is 1. The maximum atomic E-state index is 4.46. The van der Waals surface area contributed by atoms with Gasteiger partial charge in [-0.05, 0) is 48.3 Å². The molecular formula is C24H42N2. The molecule has 3 rings (SSSR count). The summed E-state index contributed by atoms with van der Waals surface area (Å²) in [5.74, 6) is 1.70. The van der Waals surface area contributed by atoms with Gasteiger partial charge in [0.2, 0.25) is 0 Å². The number of hydrogen-bond acceptors (Lipinski definition) is 1. The summed E-state index contributed by atoms with van der Waals surface area (Å²) < 4.78 is 0. The molecule has 26 heavy (non-hydrogen) atoms. The molecule has 1 aliphatic rings. The fourth-order valence-electron chi connectivity index (χ4n) is 3.37. The molecule has 0 saturated carbocycles. The van der Waals surface area contributed by atoms with Crippen molar-refractivity contribution in [2.24, 2.45) is 0 Å². The fourth-order valence-corrected chi connectivity index (χ4v) is 3.37. The highest BCUT2D eigenvalue weighted by Crippen LogP contribution is 2.35. The lowest BCUT2D eigenvalue weighted by Gasteiger charge is -2.24. The first-order chi connectivity index (χ1) is 12.7. The maximum absolute atomic E-state index is 4.46. The summed E-state index contributed by atoms with van der Waals surface area (Å²) in [7, 11) is 0. The van der Waals surface area contributed by atoms with E-state index in [4.69, 9.17) is 0 Å². The van der Waals surface area contributed by atoms with Crippen LogP contribution in [-0.2, 0) is 19.3 Å². The van der Waals surface area contributed by atoms with Crippen molar-refractivity contribution in [2.45, 2.75) is 100 Å². The molecule has 1 aromatic carbocycles. The first-order valence-electron chi connectivity index (χ1n) is 10.9. The van der Waals surface area contributed by atoms with Crippen molar-refractivity contribution in [1.29, 1.82) is 0 Å². The Kier molecular flexibility index (Phi) is 12.8. The van der Waals surface area contributed by atoms with E-state index in [2.05, 4.69) is 42.9 Å². The Bertz CT molecular complexity index is 609. The number of nitrogens with one attached hydrogen (secondary N) is 1. The van der Waals surface area contributed by atoms with Crippen LogP contribution in [0.3, 0.4) is 0 Å². The van der Waals surface area contributed by atoms with Gasteiger partial charge >= 0.3 is 0 Å². The van der Waals surface area contributed by atoms with Gasteiger partial charge in [-0.1, -0.05) is 74.4 Å². The van der Waals surface area contributed by atoms with E-state index < -0.39 is 0 Å². The Labute approximate surface area is 162 Å². The molecule has 0 unspecified atom stereocenters. The number of benzene rings is 1. The predicted octanol–water partition coefficient (Wildman–Crippen LogP) is 7.72. The first kappa shape index (κ1) is 24.4. The summed E-state index contributed by atoms with van der Waals surface area (Å²) in [5.41, 5.74) is 7.27. The van der Waals surface area contributed by atoms with E-state index >= 15 is 0 Å². The van der Waals surface area contributed by atoms with Crippen molar-refractivity contribution in [1.82, 2.24) is 9.97 Å². The second-order valence-corrected chi connectivity index (χ2v) is 6.12. The zero-order chi connectivity index (χ0) is 20.1. The van der Waals surface area contributed by atoms with Crippen LogP contribution in [0, 0.1) is 0 Å². The lowest BCUT2D eigenvalue weighted by Crippen LogP contribution is -2.09. The standard InChI is InChI=1S/C18H24N2.3C2H6/c1-4-18-19-11-17(20-18)16-10-9-13(12(2)3)14-7-5-6-8-15(14)16;3*1-2/h9-12H,4-8H2,1-3H3,(H,19,20);3*1-2H3. The predicted molar refractivity (Wildman–Crippen MR) is 118 cm³/mol. The summed E-state index contributed by atoms with van der Waals surface area (Å²) in [6.45, 7) is 18.7. The maximum Gasteiger partial charge on any atom is 0.106 e. The van der Waals surface area contributed by atoms with Gasteiger partial charge in [0.05, 0.1) is 11.9 Å². The van der Waals surface area contributed by atoms with Crippen molar-refractivity contribution >= 4 is 0 Å². The molecule has 1 aromatic heterocycles. The van der Waals surface area contributed by atoms with Gasteiger partial charge in [0.25, 0.3) is 0 Å². The Morgan fingerprint density at radius 2 is 1.50 bits per heavy atom. The molecule has 1 N–H and O–H groups in total. The van der Waals surface area contributed by atoms with Gasteiger partial charge in [-0.25, -0.2) is 4.98 Å². The highest BCUT2D eigenvalue weighted by molar-refractivity contribution is 5.67. The van der Waals surface area contributed by atoms with Crippen LogP contribution in [0.2, 0.25) is 0 Å². The third-order valence-corrected chi connectivity index (χ3v) is 4.45. The summed E-state index contributed by atoms with van der Waals surface area (Å²) in [6, 6.07) is 4.63. The van der Waals surface area contributed by atoms with Crippen molar-refractivity contribution < 1.29 is 0 Å². The Morgan fingerprint density at radius 1 is 0.923 bits per heavy atom. The lowest BCUT2D eigenvalue weighted by molar-refractivity contribution is 0.671. The third kappa shape index (κ3) is 6.00. The third-order valence-electron chi connectivity index (χ3n) is 4.45. The van der Waals surface area contributed by atoms with Crippen molar-refractivity contribution in [3.8, 4) is 11.3 Å². The largest absolute Gasteiger partial charge is 0.342 e. The molecule has 0 amide bonds. The molecule has 0 spiro atoms. The number of rotatable bonds is 3. The SMILES string of the molecule is CC.CC.CC.CCc1ncc(-c2ccc(C(C)C)c3c2CCCC3)[nH]1. The molecule has 0 bridgehead atoms. The molecule has 148 valence electrons. The Morgan fingerprint density at radius 3 is 2.00 bits per heavy atom. The molecule has 1 heterocycles. The summed E-state index contributed by atoms with van der Waals surface area (Å²) in [4.78, 5) is 7.93. The first-order valence-corrected chi connectivity index (χ1v) is 10.9. The van der Waals surface area contributed by atoms with Gasteiger partial charge in [-0.2, -0.15) is 0 Å². The molecular weight excluding hydrogens is 316 g/mol. The monoisotopic (exact) mass is 358 g/mol. The average molecular weight is 359 g/mol. The van der Waals surface area contributed by atoms with E-state index in [1.54, 1.807) is 16.7 Å². The molecule has 0 aliphatic heterocycles. The number of aromatic nitrogens is 2. The number of hydrogen-bond donors (Lipinski definition) is 1. The van der Waals surface area contributed by atoms with E-state index in [1.807, 2.05) is 47.7 Å². The molecule has 2 heteroatoms. The number of fused-ring (bicyclic) bond motifs is 1. The normalized spacial score (nSPS) is 11.9. The van der Waals surface area contributed by atoms with Crippen LogP contribution in [0.25, 0.3) is 11.3 Å². The lowest BCUT2D eigenvalue weighted by atomic mass is 9.81. The minimum Gasteiger partial charge on any atom is -0.342 e. The molecule has 2 nitrogen and oxygen atoms in total. The Hall–Kier alpha value is -1.57. The number of aromatic amines is 1. The number of aryl methyl sites for hydroxylation is 1. The van der Waals surface area contributed by atoms with Gasteiger partial charge in [0.15, 0.2) is 0 Å². The minimum absolute atomic E-state index is 0.615. The average Bonchev–Trinajstić information content (AvgIpc) is 3.20. The topological polar surface area (TPSA) is 28.7 Å². The van der Waals surface area contributed by atoms with Crippen LogP contribution in [0.1, 0.15) is 104 Å². The molecule has 1 aliphatic carbocycles. The minimum atomic E-state index is 0.615. The second kappa shape index (κ2) is 13.6. The summed E-state index contributed by atoms with van der Waals surface area (Å²) in [5, 5.41) is 0. The van der Waals surface area contributed by atoms with Crippen LogP contribution in [-0.4, -0.2) is 9.97 Å². The van der Waals surface area contributed by atoms with Crippen LogP contribution in [0.5, 0.6) is 0 Å². The van der Waals surface area contributed by atoms with Gasteiger partial charge in [-0.15, -0.1) is 0 Å². The van der Waals surface area contributed by atoms with E-state index in [-0.39, 0.29) is 0 Å². The van der Waals surface area contributed by atoms with Crippen molar-refractivity contribution in [2.75, 3.05) is 0 Å². The summed E-state index contributed by atoms with van der Waals surface area (Å²) >= 11 is 0. The van der Waals surface area contributed by atoms with Gasteiger partial charge in [0.1, 0.15) is 5.82 Å². The van der Waals surface area contributed by atoms with E-state index in [0.29, 0.717) is 5.92 Å². The van der Waals surface area contributed by atoms with Gasteiger partial charge < -0.3 is 4.98 Å². The number of nitrogens with zero attached hydrogens (tertiary/aromatic N) is 1. The number of imidazole rings is 1. The second-order valence-electron chi connectivity index (χ2n) is 6.12. The molecule has 2 aromatic rings. The van der Waals surface area contributed by atoms with Crippen molar-refractivity contribution in [3.63, 3.8) is 0 Å². The van der Waals surface area contributed by atoms with Crippen LogP contribution < -0.4 is 0 Å². The highest BCUT2D eigenvalue weighted by atomic mass is 14.9. The van der Waals surface area contributed by atoms with E-state index in [9.17, 15) is 0 Å². The molecule has 0 fully saturated rings. The van der Waals surface area contributed by atoms with E-state index in [0.717, 1.165) is 12.2 Å². The zero-order valence-corrected chi connectivity index (χ0v) is 18.8. The zero-order valence-electron chi connectivity index (χ0n) is 18.8. The van der Waals surface area contributed by atoms with Crippen LogP contribution in [0.15, 0.2) is 18.3 Å². The highest BCUT2D eigenvalue weighted by Gasteiger charge is 2.19. The van der Waals surface area contributed by atoms with Crippen LogP contribution >= 0.6 is 0 Å². The van der Waals surface area contributed by atoms with Gasteiger partial charge in [0, 0.05) is 12.0 Å². The Balaban J connectivity index is 0.000000948. The fraction of sp³-hybridized carbons (Fsp3) is 0.625.